The molecule has 0 saturated carbocycles. The van der Waals surface area contributed by atoms with Gasteiger partial charge in [0.05, 0.1) is 17.6 Å². The van der Waals surface area contributed by atoms with Crippen LogP contribution in [-0.4, -0.2) is 45.8 Å². The molecule has 3 rings (SSSR count). The van der Waals surface area contributed by atoms with E-state index >= 15 is 0 Å². The van der Waals surface area contributed by atoms with Gasteiger partial charge in [-0.3, -0.25) is 14.5 Å². The fourth-order valence-corrected chi connectivity index (χ4v) is 3.94. The van der Waals surface area contributed by atoms with Crippen molar-refractivity contribution in [3.63, 3.8) is 0 Å². The smallest absolute Gasteiger partial charge is 0.265 e. The molecule has 2 N–H and O–H groups in total. The highest BCUT2D eigenvalue weighted by Crippen LogP contribution is 2.31. The third kappa shape index (κ3) is 4.86. The third-order valence-corrected chi connectivity index (χ3v) is 5.82. The minimum atomic E-state index is -0.360. The standard InChI is InChI=1S/C21H20N2O3S2/c1-23-20(26)18(28-21(23)27)12-15-7-9-16(10-8-15)19(25)22-17(13-24)11-14-5-3-2-4-6-14/h2-10,12,17,24H,11,13H2,1H3,(H,22,25)/t17-/m1/s1. The monoisotopic (exact) mass is 412 g/mol. The molecule has 0 unspecified atom stereocenters. The number of thioether (sulfide) groups is 1. The van der Waals surface area contributed by atoms with Crippen LogP contribution in [-0.2, 0) is 11.2 Å². The molecule has 2 aromatic carbocycles. The summed E-state index contributed by atoms with van der Waals surface area (Å²) in [4.78, 5) is 26.5. The highest BCUT2D eigenvalue weighted by atomic mass is 32.2. The fraction of sp³-hybridized carbons (Fsp3) is 0.190. The van der Waals surface area contributed by atoms with Crippen molar-refractivity contribution in [1.82, 2.24) is 10.2 Å². The molecule has 2 amide bonds. The van der Waals surface area contributed by atoms with E-state index < -0.39 is 0 Å². The first-order valence-corrected chi connectivity index (χ1v) is 9.97. The molecule has 1 fully saturated rings. The SMILES string of the molecule is CN1C(=O)C(=Cc2ccc(C(=O)N[C@@H](CO)Cc3ccccc3)cc2)SC1=S. The van der Waals surface area contributed by atoms with E-state index in [9.17, 15) is 14.7 Å². The van der Waals surface area contributed by atoms with Crippen molar-refractivity contribution in [3.05, 3.63) is 76.2 Å². The van der Waals surface area contributed by atoms with Crippen LogP contribution < -0.4 is 5.32 Å². The summed E-state index contributed by atoms with van der Waals surface area (Å²) in [7, 11) is 1.65. The van der Waals surface area contributed by atoms with Crippen LogP contribution >= 0.6 is 24.0 Å². The highest BCUT2D eigenvalue weighted by molar-refractivity contribution is 8.26. The van der Waals surface area contributed by atoms with E-state index in [4.69, 9.17) is 12.2 Å². The van der Waals surface area contributed by atoms with Gasteiger partial charge in [0.2, 0.25) is 0 Å². The van der Waals surface area contributed by atoms with E-state index in [0.29, 0.717) is 21.2 Å². The van der Waals surface area contributed by atoms with Crippen LogP contribution in [0.3, 0.4) is 0 Å². The van der Waals surface area contributed by atoms with Crippen molar-refractivity contribution in [2.24, 2.45) is 0 Å². The molecule has 0 bridgehead atoms. The minimum absolute atomic E-state index is 0.122. The zero-order valence-electron chi connectivity index (χ0n) is 15.3. The Labute approximate surface area is 173 Å². The molecule has 1 saturated heterocycles. The largest absolute Gasteiger partial charge is 0.394 e. The van der Waals surface area contributed by atoms with Crippen LogP contribution in [0.4, 0.5) is 0 Å². The predicted molar refractivity (Wildman–Crippen MR) is 116 cm³/mol. The Balaban J connectivity index is 1.65. The summed E-state index contributed by atoms with van der Waals surface area (Å²) >= 11 is 6.38. The van der Waals surface area contributed by atoms with Gasteiger partial charge >= 0.3 is 0 Å². The number of aliphatic hydroxyl groups is 1. The maximum Gasteiger partial charge on any atom is 0.265 e. The number of carbonyl (C=O) groups is 2. The second kappa shape index (κ2) is 9.14. The van der Waals surface area contributed by atoms with Crippen LogP contribution in [0, 0.1) is 0 Å². The zero-order chi connectivity index (χ0) is 20.1. The maximum atomic E-state index is 12.5. The molecular formula is C21H20N2O3S2. The number of nitrogens with zero attached hydrogens (tertiary/aromatic N) is 1. The van der Waals surface area contributed by atoms with Crippen molar-refractivity contribution >= 4 is 46.2 Å². The van der Waals surface area contributed by atoms with Gasteiger partial charge in [-0.1, -0.05) is 66.4 Å². The van der Waals surface area contributed by atoms with Crippen molar-refractivity contribution < 1.29 is 14.7 Å². The Kier molecular flexibility index (Phi) is 6.61. The molecule has 1 heterocycles. The molecule has 0 radical (unpaired) electrons. The summed E-state index contributed by atoms with van der Waals surface area (Å²) in [5, 5.41) is 12.4. The Hall–Kier alpha value is -2.48. The van der Waals surface area contributed by atoms with Gasteiger partial charge in [0.15, 0.2) is 0 Å². The molecule has 0 aliphatic carbocycles. The number of thiocarbonyl (C=S) groups is 1. The number of carbonyl (C=O) groups excluding carboxylic acids is 2. The van der Waals surface area contributed by atoms with Crippen LogP contribution in [0.15, 0.2) is 59.5 Å². The Morgan fingerprint density at radius 1 is 1.21 bits per heavy atom. The first-order valence-electron chi connectivity index (χ1n) is 8.75. The van der Waals surface area contributed by atoms with Crippen molar-refractivity contribution in [2.45, 2.75) is 12.5 Å². The lowest BCUT2D eigenvalue weighted by molar-refractivity contribution is -0.121. The average Bonchev–Trinajstić information content (AvgIpc) is 2.95. The molecule has 2 aromatic rings. The Morgan fingerprint density at radius 3 is 2.46 bits per heavy atom. The molecule has 1 atom stereocenters. The van der Waals surface area contributed by atoms with Crippen molar-refractivity contribution in [3.8, 4) is 0 Å². The molecule has 144 valence electrons. The maximum absolute atomic E-state index is 12.5. The van der Waals surface area contributed by atoms with Gasteiger partial charge in [0.1, 0.15) is 4.32 Å². The summed E-state index contributed by atoms with van der Waals surface area (Å²) in [5.41, 5.74) is 2.35. The molecule has 0 aromatic heterocycles. The molecular weight excluding hydrogens is 392 g/mol. The van der Waals surface area contributed by atoms with Gasteiger partial charge in [0.25, 0.3) is 11.8 Å². The van der Waals surface area contributed by atoms with Crippen molar-refractivity contribution in [2.75, 3.05) is 13.7 Å². The number of nitrogens with one attached hydrogen (secondary N) is 1. The van der Waals surface area contributed by atoms with E-state index in [1.54, 1.807) is 37.4 Å². The quantitative estimate of drug-likeness (QED) is 0.564. The van der Waals surface area contributed by atoms with Crippen LogP contribution in [0.2, 0.25) is 0 Å². The number of hydrogen-bond acceptors (Lipinski definition) is 5. The fourth-order valence-electron chi connectivity index (χ4n) is 2.76. The van der Waals surface area contributed by atoms with Gasteiger partial charge in [-0.25, -0.2) is 0 Å². The predicted octanol–water partition coefficient (Wildman–Crippen LogP) is 2.85. The number of aliphatic hydroxyl groups excluding tert-OH is 1. The van der Waals surface area contributed by atoms with Gasteiger partial charge in [0, 0.05) is 12.6 Å². The summed E-state index contributed by atoms with van der Waals surface area (Å²) in [6.45, 7) is -0.141. The number of amides is 2. The highest BCUT2D eigenvalue weighted by Gasteiger charge is 2.28. The summed E-state index contributed by atoms with van der Waals surface area (Å²) in [5.74, 6) is -0.370. The first-order chi connectivity index (χ1) is 13.5. The minimum Gasteiger partial charge on any atom is -0.394 e. The lowest BCUT2D eigenvalue weighted by atomic mass is 10.1. The molecule has 5 nitrogen and oxygen atoms in total. The Bertz CT molecular complexity index is 911. The normalized spacial score (nSPS) is 16.5. The van der Waals surface area contributed by atoms with Crippen LogP contribution in [0.1, 0.15) is 21.5 Å². The Morgan fingerprint density at radius 2 is 1.89 bits per heavy atom. The van der Waals surface area contributed by atoms with Gasteiger partial charge in [-0.2, -0.15) is 0 Å². The second-order valence-corrected chi connectivity index (χ2v) is 8.08. The second-order valence-electron chi connectivity index (χ2n) is 6.41. The van der Waals surface area contributed by atoms with Crippen molar-refractivity contribution in [1.29, 1.82) is 0 Å². The lowest BCUT2D eigenvalue weighted by Crippen LogP contribution is -2.39. The van der Waals surface area contributed by atoms with E-state index in [-0.39, 0.29) is 24.5 Å². The number of benzene rings is 2. The number of likely N-dealkylation sites (N-methyl/N-ethyl adjacent to an activating group) is 1. The summed E-state index contributed by atoms with van der Waals surface area (Å²) in [6, 6.07) is 16.3. The summed E-state index contributed by atoms with van der Waals surface area (Å²) < 4.78 is 0.528. The molecule has 1 aliphatic rings. The van der Waals surface area contributed by atoms with E-state index in [0.717, 1.165) is 11.1 Å². The molecule has 0 spiro atoms. The number of rotatable bonds is 6. The third-order valence-electron chi connectivity index (χ3n) is 4.34. The average molecular weight is 413 g/mol. The van der Waals surface area contributed by atoms with E-state index in [2.05, 4.69) is 5.32 Å². The van der Waals surface area contributed by atoms with E-state index in [1.165, 1.54) is 16.7 Å². The van der Waals surface area contributed by atoms with Crippen LogP contribution in [0.25, 0.3) is 6.08 Å². The van der Waals surface area contributed by atoms with E-state index in [1.807, 2.05) is 30.3 Å². The van der Waals surface area contributed by atoms with Gasteiger partial charge in [-0.05, 0) is 35.8 Å². The van der Waals surface area contributed by atoms with Gasteiger partial charge in [-0.15, -0.1) is 0 Å². The molecule has 1 aliphatic heterocycles. The zero-order valence-corrected chi connectivity index (χ0v) is 16.9. The molecule has 7 heteroatoms. The van der Waals surface area contributed by atoms with Gasteiger partial charge < -0.3 is 10.4 Å². The topological polar surface area (TPSA) is 69.6 Å². The lowest BCUT2D eigenvalue weighted by Gasteiger charge is -2.16. The number of hydrogen-bond donors (Lipinski definition) is 2. The van der Waals surface area contributed by atoms with Crippen LogP contribution in [0.5, 0.6) is 0 Å². The first kappa shape index (κ1) is 20.3. The summed E-state index contributed by atoms with van der Waals surface area (Å²) in [6.07, 6.45) is 2.32. The molecule has 28 heavy (non-hydrogen) atoms.